The lowest BCUT2D eigenvalue weighted by atomic mass is 10.1. The zero-order chi connectivity index (χ0) is 21.3. The molecule has 5 nitrogen and oxygen atoms in total. The molecule has 0 radical (unpaired) electrons. The summed E-state index contributed by atoms with van der Waals surface area (Å²) in [6.07, 6.45) is 3.19. The van der Waals surface area contributed by atoms with Crippen LogP contribution in [0.2, 0.25) is 0 Å². The van der Waals surface area contributed by atoms with Crippen molar-refractivity contribution in [3.63, 3.8) is 0 Å². The average molecular weight is 403 g/mol. The Morgan fingerprint density at radius 2 is 1.63 bits per heavy atom. The third-order valence-electron chi connectivity index (χ3n) is 4.62. The minimum atomic E-state index is -0.252. The molecule has 0 bridgehead atoms. The first-order valence-electron chi connectivity index (χ1n) is 9.58. The van der Waals surface area contributed by atoms with Gasteiger partial charge in [0.05, 0.1) is 19.9 Å². The Bertz CT molecular complexity index is 1040. The Morgan fingerprint density at radius 3 is 2.40 bits per heavy atom. The summed E-state index contributed by atoms with van der Waals surface area (Å²) in [5.41, 5.74) is 3.74. The molecule has 0 unspecified atom stereocenters. The van der Waals surface area contributed by atoms with E-state index in [1.807, 2.05) is 48.5 Å². The number of aryl methyl sites for hydroxylation is 1. The number of hydrogen-bond donors (Lipinski definition) is 1. The minimum Gasteiger partial charge on any atom is -0.495 e. The van der Waals surface area contributed by atoms with Crippen molar-refractivity contribution in [2.45, 2.75) is 13.5 Å². The first kappa shape index (κ1) is 21.0. The van der Waals surface area contributed by atoms with Gasteiger partial charge in [-0.25, -0.2) is 0 Å². The molecule has 3 rings (SSSR count). The lowest BCUT2D eigenvalue weighted by Crippen LogP contribution is -2.08. The molecule has 0 fully saturated rings. The Kier molecular flexibility index (Phi) is 7.11. The molecule has 0 aliphatic rings. The van der Waals surface area contributed by atoms with E-state index in [2.05, 4.69) is 18.3 Å². The zero-order valence-corrected chi connectivity index (χ0v) is 17.3. The van der Waals surface area contributed by atoms with Crippen molar-refractivity contribution < 1.29 is 19.0 Å². The second-order valence-electron chi connectivity index (χ2n) is 6.65. The van der Waals surface area contributed by atoms with Gasteiger partial charge in [0.1, 0.15) is 12.4 Å². The summed E-state index contributed by atoms with van der Waals surface area (Å²) in [5, 5.41) is 2.81. The van der Waals surface area contributed by atoms with E-state index in [0.717, 1.165) is 11.1 Å². The average Bonchev–Trinajstić information content (AvgIpc) is 2.77. The number of carbonyl (C=O) groups excluding carboxylic acids is 1. The molecule has 0 atom stereocenters. The van der Waals surface area contributed by atoms with Gasteiger partial charge in [-0.2, -0.15) is 0 Å². The van der Waals surface area contributed by atoms with Crippen LogP contribution >= 0.6 is 0 Å². The van der Waals surface area contributed by atoms with Gasteiger partial charge in [0, 0.05) is 6.08 Å². The molecule has 30 heavy (non-hydrogen) atoms. The van der Waals surface area contributed by atoms with Crippen LogP contribution in [0.4, 0.5) is 5.69 Å². The molecule has 1 N–H and O–H groups in total. The molecular formula is C25H25NO4. The largest absolute Gasteiger partial charge is 0.495 e. The SMILES string of the molecule is COc1ccccc1NC(=O)C=Cc1ccc(OCc2ccccc2C)c(OC)c1. The first-order valence-corrected chi connectivity index (χ1v) is 9.58. The van der Waals surface area contributed by atoms with Crippen molar-refractivity contribution in [1.82, 2.24) is 0 Å². The van der Waals surface area contributed by atoms with Gasteiger partial charge in [-0.1, -0.05) is 42.5 Å². The van der Waals surface area contributed by atoms with Crippen LogP contribution in [0.15, 0.2) is 72.8 Å². The number of carbonyl (C=O) groups is 1. The van der Waals surface area contributed by atoms with Crippen LogP contribution in [0, 0.1) is 6.92 Å². The van der Waals surface area contributed by atoms with E-state index in [4.69, 9.17) is 14.2 Å². The Morgan fingerprint density at radius 1 is 0.900 bits per heavy atom. The number of rotatable bonds is 8. The fourth-order valence-electron chi connectivity index (χ4n) is 2.93. The molecule has 0 spiro atoms. The van der Waals surface area contributed by atoms with E-state index in [1.165, 1.54) is 11.6 Å². The number of para-hydroxylation sites is 2. The van der Waals surface area contributed by atoms with Gasteiger partial charge < -0.3 is 19.5 Å². The normalized spacial score (nSPS) is 10.6. The van der Waals surface area contributed by atoms with Crippen molar-refractivity contribution in [3.8, 4) is 17.2 Å². The third kappa shape index (κ3) is 5.41. The number of nitrogens with one attached hydrogen (secondary N) is 1. The molecule has 0 aromatic heterocycles. The summed E-state index contributed by atoms with van der Waals surface area (Å²) < 4.78 is 16.6. The summed E-state index contributed by atoms with van der Waals surface area (Å²) in [6, 6.07) is 20.9. The molecule has 154 valence electrons. The molecule has 0 aliphatic carbocycles. The predicted molar refractivity (Wildman–Crippen MR) is 119 cm³/mol. The summed E-state index contributed by atoms with van der Waals surface area (Å²) in [7, 11) is 3.16. The van der Waals surface area contributed by atoms with Crippen molar-refractivity contribution in [2.24, 2.45) is 0 Å². The fourth-order valence-corrected chi connectivity index (χ4v) is 2.93. The van der Waals surface area contributed by atoms with Crippen molar-refractivity contribution in [1.29, 1.82) is 0 Å². The molecule has 0 saturated carbocycles. The van der Waals surface area contributed by atoms with E-state index < -0.39 is 0 Å². The minimum absolute atomic E-state index is 0.252. The molecular weight excluding hydrogens is 378 g/mol. The number of ether oxygens (including phenoxy) is 3. The topological polar surface area (TPSA) is 56.8 Å². The Labute approximate surface area is 176 Å². The first-order chi connectivity index (χ1) is 14.6. The molecule has 1 amide bonds. The Balaban J connectivity index is 1.66. The highest BCUT2D eigenvalue weighted by Gasteiger charge is 2.07. The number of methoxy groups -OCH3 is 2. The van der Waals surface area contributed by atoms with Gasteiger partial charge in [-0.05, 0) is 54.0 Å². The van der Waals surface area contributed by atoms with Crippen LogP contribution in [0.5, 0.6) is 17.2 Å². The molecule has 0 saturated heterocycles. The number of amides is 1. The maximum Gasteiger partial charge on any atom is 0.248 e. The predicted octanol–water partition coefficient (Wildman–Crippen LogP) is 5.24. The highest BCUT2D eigenvalue weighted by Crippen LogP contribution is 2.29. The third-order valence-corrected chi connectivity index (χ3v) is 4.62. The summed E-state index contributed by atoms with van der Waals surface area (Å²) >= 11 is 0. The monoisotopic (exact) mass is 403 g/mol. The second-order valence-corrected chi connectivity index (χ2v) is 6.65. The van der Waals surface area contributed by atoms with Gasteiger partial charge in [0.25, 0.3) is 0 Å². The maximum atomic E-state index is 12.3. The lowest BCUT2D eigenvalue weighted by molar-refractivity contribution is -0.111. The van der Waals surface area contributed by atoms with E-state index in [-0.39, 0.29) is 5.91 Å². The van der Waals surface area contributed by atoms with Crippen molar-refractivity contribution in [3.05, 3.63) is 89.5 Å². The molecule has 5 heteroatoms. The number of anilines is 1. The number of benzene rings is 3. The summed E-state index contributed by atoms with van der Waals surface area (Å²) in [4.78, 5) is 12.3. The van der Waals surface area contributed by atoms with Crippen molar-refractivity contribution >= 4 is 17.7 Å². The van der Waals surface area contributed by atoms with Crippen molar-refractivity contribution in [2.75, 3.05) is 19.5 Å². The molecule has 0 aliphatic heterocycles. The molecule has 0 heterocycles. The van der Waals surface area contributed by atoms with Crippen LogP contribution in [0.1, 0.15) is 16.7 Å². The summed E-state index contributed by atoms with van der Waals surface area (Å²) in [6.45, 7) is 2.51. The van der Waals surface area contributed by atoms with Gasteiger partial charge in [-0.15, -0.1) is 0 Å². The van der Waals surface area contributed by atoms with E-state index >= 15 is 0 Å². The Hall–Kier alpha value is -3.73. The highest BCUT2D eigenvalue weighted by atomic mass is 16.5. The van der Waals surface area contributed by atoms with Gasteiger partial charge in [0.2, 0.25) is 5.91 Å². The van der Waals surface area contributed by atoms with Gasteiger partial charge in [-0.3, -0.25) is 4.79 Å². The van der Waals surface area contributed by atoms with Crippen LogP contribution in [-0.2, 0) is 11.4 Å². The standard InChI is InChI=1S/C25H25NO4/c1-18-8-4-5-9-20(18)17-30-23-14-12-19(16-24(23)29-3)13-15-25(27)26-21-10-6-7-11-22(21)28-2/h4-16H,17H2,1-3H3,(H,26,27). The van der Waals surface area contributed by atoms with Gasteiger partial charge >= 0.3 is 0 Å². The van der Waals surface area contributed by atoms with Crippen LogP contribution in [0.3, 0.4) is 0 Å². The highest BCUT2D eigenvalue weighted by molar-refractivity contribution is 6.02. The smallest absolute Gasteiger partial charge is 0.248 e. The van der Waals surface area contributed by atoms with Crippen LogP contribution < -0.4 is 19.5 Å². The second kappa shape index (κ2) is 10.2. The quantitative estimate of drug-likeness (QED) is 0.523. The molecule has 3 aromatic rings. The zero-order valence-electron chi connectivity index (χ0n) is 17.3. The van der Waals surface area contributed by atoms with Crippen LogP contribution in [0.25, 0.3) is 6.08 Å². The van der Waals surface area contributed by atoms with Gasteiger partial charge in [0.15, 0.2) is 11.5 Å². The van der Waals surface area contributed by atoms with Crippen LogP contribution in [-0.4, -0.2) is 20.1 Å². The van der Waals surface area contributed by atoms with E-state index in [1.54, 1.807) is 32.4 Å². The fraction of sp³-hybridized carbons (Fsp3) is 0.160. The van der Waals surface area contributed by atoms with E-state index in [0.29, 0.717) is 29.5 Å². The maximum absolute atomic E-state index is 12.3. The number of hydrogen-bond acceptors (Lipinski definition) is 4. The molecule has 3 aromatic carbocycles. The van der Waals surface area contributed by atoms with E-state index in [9.17, 15) is 4.79 Å². The summed E-state index contributed by atoms with van der Waals surface area (Å²) in [5.74, 6) is 1.61. The lowest BCUT2D eigenvalue weighted by Gasteiger charge is -2.12.